The molecular formula is C28H30F7N3O5. The summed E-state index contributed by atoms with van der Waals surface area (Å²) in [4.78, 5) is 28.4. The molecule has 2 aromatic rings. The lowest BCUT2D eigenvalue weighted by atomic mass is 9.91. The molecule has 2 fully saturated rings. The van der Waals surface area contributed by atoms with E-state index in [4.69, 9.17) is 4.74 Å². The van der Waals surface area contributed by atoms with Crippen LogP contribution in [0.4, 0.5) is 41.2 Å². The standard InChI is InChI=1S/C28H30F7N3O5/c29-22-15-18(3-10-23(22)36-25(41)43-21-8-6-20(39)7-9-21)24(40)38-13-11-37(12-14-38)16-17-1-4-19(5-2-17)26(42,27(30,31)32)28(33,34)35/h1-5,10,15,20-21,39,42H,6-9,11-14,16H2,(H,36,41). The van der Waals surface area contributed by atoms with E-state index in [-0.39, 0.29) is 37.0 Å². The lowest BCUT2D eigenvalue weighted by Crippen LogP contribution is -2.53. The van der Waals surface area contributed by atoms with Crippen LogP contribution in [0.1, 0.15) is 47.2 Å². The summed E-state index contributed by atoms with van der Waals surface area (Å²) in [5.74, 6) is -1.30. The third kappa shape index (κ3) is 7.39. The molecule has 1 heterocycles. The summed E-state index contributed by atoms with van der Waals surface area (Å²) in [5.41, 5.74) is -6.07. The first-order chi connectivity index (χ1) is 20.1. The fraction of sp³-hybridized carbons (Fsp3) is 0.500. The molecule has 2 amide bonds. The van der Waals surface area contributed by atoms with E-state index in [1.165, 1.54) is 17.0 Å². The second-order valence-electron chi connectivity index (χ2n) is 10.6. The van der Waals surface area contributed by atoms with Gasteiger partial charge in [0.15, 0.2) is 0 Å². The molecule has 2 aliphatic rings. The lowest BCUT2D eigenvalue weighted by Gasteiger charge is -2.35. The van der Waals surface area contributed by atoms with Gasteiger partial charge in [-0.3, -0.25) is 15.0 Å². The Hall–Kier alpha value is -3.43. The summed E-state index contributed by atoms with van der Waals surface area (Å²) in [6.07, 6.45) is -11.6. The van der Waals surface area contributed by atoms with Crippen LogP contribution in [0.15, 0.2) is 42.5 Å². The van der Waals surface area contributed by atoms with Gasteiger partial charge in [0, 0.05) is 43.9 Å². The number of ether oxygens (including phenoxy) is 1. The molecular weight excluding hydrogens is 591 g/mol. The van der Waals surface area contributed by atoms with Gasteiger partial charge in [-0.25, -0.2) is 9.18 Å². The van der Waals surface area contributed by atoms with Crippen LogP contribution in [0, 0.1) is 5.82 Å². The Morgan fingerprint density at radius 2 is 1.47 bits per heavy atom. The molecule has 4 rings (SSSR count). The van der Waals surface area contributed by atoms with Crippen LogP contribution >= 0.6 is 0 Å². The fourth-order valence-electron chi connectivity index (χ4n) is 5.09. The van der Waals surface area contributed by atoms with Gasteiger partial charge in [0.05, 0.1) is 11.8 Å². The first-order valence-electron chi connectivity index (χ1n) is 13.5. The number of amides is 2. The lowest BCUT2D eigenvalue weighted by molar-refractivity contribution is -0.376. The van der Waals surface area contributed by atoms with E-state index in [9.17, 15) is 50.5 Å². The maximum absolute atomic E-state index is 14.7. The van der Waals surface area contributed by atoms with E-state index in [1.807, 2.05) is 4.90 Å². The van der Waals surface area contributed by atoms with Crippen LogP contribution in [0.3, 0.4) is 0 Å². The third-order valence-corrected chi connectivity index (χ3v) is 7.63. The molecule has 0 spiro atoms. The first-order valence-corrected chi connectivity index (χ1v) is 13.5. The van der Waals surface area contributed by atoms with Crippen molar-refractivity contribution in [2.24, 2.45) is 0 Å². The molecule has 0 radical (unpaired) electrons. The van der Waals surface area contributed by atoms with Gasteiger partial charge in [-0.05, 0) is 49.4 Å². The van der Waals surface area contributed by atoms with Crippen molar-refractivity contribution in [3.63, 3.8) is 0 Å². The van der Waals surface area contributed by atoms with Gasteiger partial charge in [-0.15, -0.1) is 0 Å². The number of hydrogen-bond acceptors (Lipinski definition) is 6. The van der Waals surface area contributed by atoms with Crippen molar-refractivity contribution in [2.75, 3.05) is 31.5 Å². The van der Waals surface area contributed by atoms with Crippen molar-refractivity contribution < 1.29 is 55.3 Å². The molecule has 1 saturated heterocycles. The monoisotopic (exact) mass is 621 g/mol. The first kappa shape index (κ1) is 32.5. The van der Waals surface area contributed by atoms with Crippen molar-refractivity contribution in [3.05, 3.63) is 65.0 Å². The summed E-state index contributed by atoms with van der Waals surface area (Å²) < 4.78 is 98.6. The normalized spacial score (nSPS) is 20.5. The molecule has 3 N–H and O–H groups in total. The van der Waals surface area contributed by atoms with Gasteiger partial charge in [-0.2, -0.15) is 26.3 Å². The van der Waals surface area contributed by atoms with Crippen molar-refractivity contribution in [1.82, 2.24) is 9.80 Å². The Balaban J connectivity index is 1.29. The van der Waals surface area contributed by atoms with Gasteiger partial charge in [0.2, 0.25) is 0 Å². The molecule has 1 saturated carbocycles. The van der Waals surface area contributed by atoms with Crippen LogP contribution in [-0.4, -0.2) is 82.8 Å². The molecule has 0 aromatic heterocycles. The number of carbonyl (C=O) groups excluding carboxylic acids is 2. The summed E-state index contributed by atoms with van der Waals surface area (Å²) in [5, 5.41) is 21.4. The number of anilines is 1. The maximum atomic E-state index is 14.7. The summed E-state index contributed by atoms with van der Waals surface area (Å²) in [6.45, 7) is 1.28. The average molecular weight is 622 g/mol. The maximum Gasteiger partial charge on any atom is 0.430 e. The number of halogens is 7. The average Bonchev–Trinajstić information content (AvgIpc) is 2.94. The van der Waals surface area contributed by atoms with Crippen molar-refractivity contribution in [3.8, 4) is 0 Å². The minimum Gasteiger partial charge on any atom is -0.446 e. The van der Waals surface area contributed by atoms with E-state index in [0.717, 1.165) is 18.2 Å². The topological polar surface area (TPSA) is 102 Å². The number of aliphatic hydroxyl groups is 2. The molecule has 0 unspecified atom stereocenters. The van der Waals surface area contributed by atoms with Crippen molar-refractivity contribution in [2.45, 2.75) is 62.4 Å². The van der Waals surface area contributed by atoms with Crippen LogP contribution in [0.25, 0.3) is 0 Å². The zero-order valence-electron chi connectivity index (χ0n) is 22.7. The number of alkyl halides is 6. The molecule has 0 bridgehead atoms. The van der Waals surface area contributed by atoms with E-state index in [0.29, 0.717) is 56.5 Å². The minimum atomic E-state index is -5.97. The van der Waals surface area contributed by atoms with Gasteiger partial charge in [0.25, 0.3) is 11.5 Å². The highest BCUT2D eigenvalue weighted by Crippen LogP contribution is 2.50. The zero-order valence-corrected chi connectivity index (χ0v) is 22.7. The van der Waals surface area contributed by atoms with Crippen LogP contribution in [0.5, 0.6) is 0 Å². The van der Waals surface area contributed by atoms with Crippen LogP contribution in [-0.2, 0) is 16.9 Å². The third-order valence-electron chi connectivity index (χ3n) is 7.63. The molecule has 15 heteroatoms. The number of nitrogens with zero attached hydrogens (tertiary/aromatic N) is 2. The van der Waals surface area contributed by atoms with E-state index in [1.54, 1.807) is 0 Å². The number of nitrogens with one attached hydrogen (secondary N) is 1. The minimum absolute atomic E-state index is 0.0449. The number of aliphatic hydroxyl groups excluding tert-OH is 1. The second kappa shape index (κ2) is 12.7. The van der Waals surface area contributed by atoms with Gasteiger partial charge >= 0.3 is 18.4 Å². The molecule has 1 aliphatic heterocycles. The molecule has 236 valence electrons. The van der Waals surface area contributed by atoms with Gasteiger partial charge in [-0.1, -0.05) is 24.3 Å². The zero-order chi connectivity index (χ0) is 31.6. The fourth-order valence-corrected chi connectivity index (χ4v) is 5.09. The quantitative estimate of drug-likeness (QED) is 0.395. The Bertz CT molecular complexity index is 1270. The van der Waals surface area contributed by atoms with E-state index < -0.39 is 47.4 Å². The molecule has 2 aromatic carbocycles. The molecule has 0 atom stereocenters. The van der Waals surface area contributed by atoms with Crippen LogP contribution < -0.4 is 5.32 Å². The number of benzene rings is 2. The number of rotatable bonds is 6. The Labute approximate surface area is 242 Å². The Morgan fingerprint density at radius 3 is 2.00 bits per heavy atom. The van der Waals surface area contributed by atoms with Crippen molar-refractivity contribution >= 4 is 17.7 Å². The number of hydrogen-bond donors (Lipinski definition) is 3. The van der Waals surface area contributed by atoms with Crippen LogP contribution in [0.2, 0.25) is 0 Å². The molecule has 1 aliphatic carbocycles. The van der Waals surface area contributed by atoms with Gasteiger partial charge in [0.1, 0.15) is 11.9 Å². The summed E-state index contributed by atoms with van der Waals surface area (Å²) >= 11 is 0. The second-order valence-corrected chi connectivity index (χ2v) is 10.6. The van der Waals surface area contributed by atoms with Gasteiger partial charge < -0.3 is 19.8 Å². The largest absolute Gasteiger partial charge is 0.446 e. The molecule has 43 heavy (non-hydrogen) atoms. The summed E-state index contributed by atoms with van der Waals surface area (Å²) in [6, 6.07) is 6.91. The Kier molecular flexibility index (Phi) is 9.57. The Morgan fingerprint density at radius 1 is 0.884 bits per heavy atom. The number of piperazine rings is 1. The predicted molar refractivity (Wildman–Crippen MR) is 138 cm³/mol. The van der Waals surface area contributed by atoms with E-state index in [2.05, 4.69) is 5.32 Å². The smallest absolute Gasteiger partial charge is 0.430 e. The SMILES string of the molecule is O=C(Nc1ccc(C(=O)N2CCN(Cc3ccc(C(O)(C(F)(F)F)C(F)(F)F)cc3)CC2)cc1F)OC1CCC(O)CC1. The van der Waals surface area contributed by atoms with E-state index >= 15 is 0 Å². The van der Waals surface area contributed by atoms with Crippen molar-refractivity contribution in [1.29, 1.82) is 0 Å². The predicted octanol–water partition coefficient (Wildman–Crippen LogP) is 4.95. The molecule has 8 nitrogen and oxygen atoms in total. The summed E-state index contributed by atoms with van der Waals surface area (Å²) in [7, 11) is 0. The highest BCUT2D eigenvalue weighted by atomic mass is 19.4. The highest BCUT2D eigenvalue weighted by molar-refractivity contribution is 5.95. The number of carbonyl (C=O) groups is 2. The highest BCUT2D eigenvalue weighted by Gasteiger charge is 2.71.